The highest BCUT2D eigenvalue weighted by atomic mass is 32.2. The maximum atomic E-state index is 12.8. The Morgan fingerprint density at radius 3 is 2.30 bits per heavy atom. The second-order valence-electron chi connectivity index (χ2n) is 7.30. The molecule has 0 aliphatic carbocycles. The topological polar surface area (TPSA) is 107 Å². The number of esters is 1. The normalized spacial score (nSPS) is 14.2. The predicted molar refractivity (Wildman–Crippen MR) is 123 cm³/mol. The highest BCUT2D eigenvalue weighted by molar-refractivity contribution is 7.99. The van der Waals surface area contributed by atoms with Crippen LogP contribution < -0.4 is 4.74 Å². The Morgan fingerprint density at radius 1 is 0.939 bits per heavy atom. The maximum Gasteiger partial charge on any atom is 0.344 e. The zero-order chi connectivity index (χ0) is 23.4. The third-order valence-electron chi connectivity index (χ3n) is 5.11. The van der Waals surface area contributed by atoms with Crippen LogP contribution >= 0.6 is 11.8 Å². The van der Waals surface area contributed by atoms with Crippen LogP contribution in [0.4, 0.5) is 5.69 Å². The standard InChI is InChI=1S/C23H20N2O6S2/c26-23(31-17-8-2-1-3-9-17)19-10-4-5-11-21(19)32-22-13-12-18(16-20(22)25(27)28)33(29,30)24-14-6-7-15-24/h1-5,8-13,16H,6-7,14-15H2. The van der Waals surface area contributed by atoms with Gasteiger partial charge in [-0.1, -0.05) is 42.1 Å². The summed E-state index contributed by atoms with van der Waals surface area (Å²) < 4.78 is 32.4. The molecule has 0 radical (unpaired) electrons. The first kappa shape index (κ1) is 23.0. The average Bonchev–Trinajstić information content (AvgIpc) is 3.36. The van der Waals surface area contributed by atoms with Gasteiger partial charge in [-0.05, 0) is 49.2 Å². The second-order valence-corrected chi connectivity index (χ2v) is 10.3. The van der Waals surface area contributed by atoms with Crippen molar-refractivity contribution < 1.29 is 22.9 Å². The second kappa shape index (κ2) is 9.74. The number of rotatable bonds is 7. The Hall–Kier alpha value is -3.21. The first-order valence-electron chi connectivity index (χ1n) is 10.2. The van der Waals surface area contributed by atoms with Crippen LogP contribution in [0, 0.1) is 10.1 Å². The largest absolute Gasteiger partial charge is 0.423 e. The predicted octanol–water partition coefficient (Wildman–Crippen LogP) is 4.75. The van der Waals surface area contributed by atoms with Gasteiger partial charge in [0.2, 0.25) is 10.0 Å². The molecular formula is C23H20N2O6S2. The molecular weight excluding hydrogens is 464 g/mol. The van der Waals surface area contributed by atoms with Gasteiger partial charge >= 0.3 is 5.97 Å². The van der Waals surface area contributed by atoms with Crippen molar-refractivity contribution in [1.82, 2.24) is 4.31 Å². The molecule has 0 saturated carbocycles. The zero-order valence-electron chi connectivity index (χ0n) is 17.4. The molecule has 0 N–H and O–H groups in total. The van der Waals surface area contributed by atoms with Crippen molar-refractivity contribution in [1.29, 1.82) is 0 Å². The molecule has 33 heavy (non-hydrogen) atoms. The summed E-state index contributed by atoms with van der Waals surface area (Å²) in [5.74, 6) is -0.218. The van der Waals surface area contributed by atoms with Crippen LogP contribution in [0.5, 0.6) is 5.75 Å². The monoisotopic (exact) mass is 484 g/mol. The number of nitro groups is 1. The summed E-state index contributed by atoms with van der Waals surface area (Å²) in [5.41, 5.74) is -0.0964. The molecule has 170 valence electrons. The van der Waals surface area contributed by atoms with Crippen molar-refractivity contribution in [3.05, 3.63) is 88.5 Å². The molecule has 0 aromatic heterocycles. The Labute approximate surface area is 195 Å². The van der Waals surface area contributed by atoms with Crippen LogP contribution in [0.1, 0.15) is 23.2 Å². The van der Waals surface area contributed by atoms with Gasteiger partial charge < -0.3 is 4.74 Å². The molecule has 3 aromatic carbocycles. The first-order valence-corrected chi connectivity index (χ1v) is 12.4. The molecule has 0 unspecified atom stereocenters. The van der Waals surface area contributed by atoms with Gasteiger partial charge in [0.1, 0.15) is 5.75 Å². The van der Waals surface area contributed by atoms with Crippen LogP contribution in [0.3, 0.4) is 0 Å². The fourth-order valence-corrected chi connectivity index (χ4v) is 6.01. The smallest absolute Gasteiger partial charge is 0.344 e. The van der Waals surface area contributed by atoms with E-state index in [2.05, 4.69) is 0 Å². The summed E-state index contributed by atoms with van der Waals surface area (Å²) in [4.78, 5) is 24.4. The average molecular weight is 485 g/mol. The van der Waals surface area contributed by atoms with E-state index in [4.69, 9.17) is 4.74 Å². The molecule has 1 aliphatic heterocycles. The van der Waals surface area contributed by atoms with E-state index in [0.717, 1.165) is 30.7 Å². The summed E-state index contributed by atoms with van der Waals surface area (Å²) in [6.07, 6.45) is 1.54. The Kier molecular flexibility index (Phi) is 6.77. The molecule has 0 amide bonds. The molecule has 8 nitrogen and oxygen atoms in total. The van der Waals surface area contributed by atoms with Crippen molar-refractivity contribution >= 4 is 33.4 Å². The lowest BCUT2D eigenvalue weighted by atomic mass is 10.2. The van der Waals surface area contributed by atoms with Crippen molar-refractivity contribution in [2.45, 2.75) is 27.5 Å². The van der Waals surface area contributed by atoms with E-state index < -0.39 is 20.9 Å². The molecule has 0 spiro atoms. The van der Waals surface area contributed by atoms with Crippen molar-refractivity contribution in [3.63, 3.8) is 0 Å². The zero-order valence-corrected chi connectivity index (χ0v) is 19.1. The van der Waals surface area contributed by atoms with Crippen LogP contribution in [-0.2, 0) is 10.0 Å². The number of hydrogen-bond acceptors (Lipinski definition) is 7. The van der Waals surface area contributed by atoms with Gasteiger partial charge in [-0.2, -0.15) is 4.31 Å². The lowest BCUT2D eigenvalue weighted by Crippen LogP contribution is -2.27. The summed E-state index contributed by atoms with van der Waals surface area (Å²) in [6, 6.07) is 19.1. The number of para-hydroxylation sites is 1. The molecule has 1 saturated heterocycles. The summed E-state index contributed by atoms with van der Waals surface area (Å²) >= 11 is 1.01. The van der Waals surface area contributed by atoms with Gasteiger partial charge in [0.15, 0.2) is 0 Å². The maximum absolute atomic E-state index is 12.8. The lowest BCUT2D eigenvalue weighted by Gasteiger charge is -2.16. The molecule has 4 rings (SSSR count). The molecule has 0 bridgehead atoms. The third-order valence-corrected chi connectivity index (χ3v) is 8.15. The minimum atomic E-state index is -3.80. The summed E-state index contributed by atoms with van der Waals surface area (Å²) in [7, 11) is -3.80. The third kappa shape index (κ3) is 5.08. The van der Waals surface area contributed by atoms with Gasteiger partial charge in [0.05, 0.1) is 20.3 Å². The van der Waals surface area contributed by atoms with Crippen molar-refractivity contribution in [3.8, 4) is 5.75 Å². The van der Waals surface area contributed by atoms with Crippen LogP contribution in [0.2, 0.25) is 0 Å². The molecule has 0 atom stereocenters. The van der Waals surface area contributed by atoms with Gasteiger partial charge in [0.25, 0.3) is 5.69 Å². The van der Waals surface area contributed by atoms with Gasteiger partial charge in [-0.25, -0.2) is 13.2 Å². The van der Waals surface area contributed by atoms with Crippen LogP contribution in [-0.4, -0.2) is 36.7 Å². The van der Waals surface area contributed by atoms with E-state index in [1.165, 1.54) is 16.4 Å². The van der Waals surface area contributed by atoms with Crippen molar-refractivity contribution in [2.75, 3.05) is 13.1 Å². The Morgan fingerprint density at radius 2 is 1.61 bits per heavy atom. The van der Waals surface area contributed by atoms with E-state index in [1.807, 2.05) is 0 Å². The molecule has 1 heterocycles. The molecule has 1 fully saturated rings. The van der Waals surface area contributed by atoms with Gasteiger partial charge in [0, 0.05) is 24.1 Å². The van der Waals surface area contributed by atoms with E-state index in [1.54, 1.807) is 54.6 Å². The fraction of sp³-hybridized carbons (Fsp3) is 0.174. The Balaban J connectivity index is 1.64. The lowest BCUT2D eigenvalue weighted by molar-refractivity contribution is -0.388. The molecule has 3 aromatic rings. The SMILES string of the molecule is O=C(Oc1ccccc1)c1ccccc1Sc1ccc(S(=O)(=O)N2CCCC2)cc1[N+](=O)[O-]. The highest BCUT2D eigenvalue weighted by Crippen LogP contribution is 2.38. The number of carbonyl (C=O) groups excluding carboxylic acids is 1. The number of carbonyl (C=O) groups is 1. The number of nitrogens with zero attached hydrogens (tertiary/aromatic N) is 2. The van der Waals surface area contributed by atoms with E-state index >= 15 is 0 Å². The summed E-state index contributed by atoms with van der Waals surface area (Å²) in [5, 5.41) is 11.8. The van der Waals surface area contributed by atoms with E-state index in [0.29, 0.717) is 23.7 Å². The minimum absolute atomic E-state index is 0.114. The highest BCUT2D eigenvalue weighted by Gasteiger charge is 2.30. The fourth-order valence-electron chi connectivity index (χ4n) is 3.46. The Bertz CT molecular complexity index is 1290. The quantitative estimate of drug-likeness (QED) is 0.206. The first-order chi connectivity index (χ1) is 15.9. The number of sulfonamides is 1. The number of benzene rings is 3. The van der Waals surface area contributed by atoms with Crippen LogP contribution in [0.15, 0.2) is 87.5 Å². The number of hydrogen-bond donors (Lipinski definition) is 0. The molecule has 1 aliphatic rings. The van der Waals surface area contributed by atoms with E-state index in [-0.39, 0.29) is 21.0 Å². The van der Waals surface area contributed by atoms with E-state index in [9.17, 15) is 23.3 Å². The minimum Gasteiger partial charge on any atom is -0.423 e. The van der Waals surface area contributed by atoms with Gasteiger partial charge in [-0.3, -0.25) is 10.1 Å². The summed E-state index contributed by atoms with van der Waals surface area (Å²) in [6.45, 7) is 0.813. The number of nitro benzene ring substituents is 1. The van der Waals surface area contributed by atoms with Crippen molar-refractivity contribution in [2.24, 2.45) is 0 Å². The van der Waals surface area contributed by atoms with Gasteiger partial charge in [-0.15, -0.1) is 0 Å². The number of ether oxygens (including phenoxy) is 1. The molecule has 10 heteroatoms. The van der Waals surface area contributed by atoms with Crippen LogP contribution in [0.25, 0.3) is 0 Å².